The highest BCUT2D eigenvalue weighted by Gasteiger charge is 2.03. The average molecular weight is 321 g/mol. The number of carboxylic acid groups (broad SMARTS) is 1. The molecule has 0 fully saturated rings. The molecule has 0 amide bonds. The minimum atomic E-state index is -0.696. The summed E-state index contributed by atoms with van der Waals surface area (Å²) in [6.07, 6.45) is 11.4. The van der Waals surface area contributed by atoms with Crippen LogP contribution in [0.5, 0.6) is 0 Å². The van der Waals surface area contributed by atoms with E-state index in [1.165, 1.54) is 32.1 Å². The van der Waals surface area contributed by atoms with Crippen LogP contribution >= 0.6 is 0 Å². The van der Waals surface area contributed by atoms with E-state index in [4.69, 9.17) is 5.11 Å². The standard InChI is InChI=1S/C18H27NO4/c20-18(21)11-9-7-5-3-1-2-4-6-8-10-16-12-14-17(15-13-16)19(22)23/h12-15H,1-11H2,(H,20,21). The minimum absolute atomic E-state index is 0.150. The van der Waals surface area contributed by atoms with Crippen LogP contribution in [-0.4, -0.2) is 16.0 Å². The van der Waals surface area contributed by atoms with Crippen molar-refractivity contribution >= 4 is 11.7 Å². The van der Waals surface area contributed by atoms with Gasteiger partial charge in [0.15, 0.2) is 0 Å². The SMILES string of the molecule is O=C(O)CCCCCCCCCCCc1ccc([N+](=O)[O-])cc1. The number of nitro benzene ring substituents is 1. The van der Waals surface area contributed by atoms with Crippen molar-refractivity contribution in [2.45, 2.75) is 70.6 Å². The topological polar surface area (TPSA) is 80.4 Å². The number of non-ortho nitro benzene ring substituents is 1. The molecular weight excluding hydrogens is 294 g/mol. The molecule has 0 aromatic heterocycles. The van der Waals surface area contributed by atoms with Crippen molar-refractivity contribution in [3.63, 3.8) is 0 Å². The van der Waals surface area contributed by atoms with Crippen molar-refractivity contribution in [3.05, 3.63) is 39.9 Å². The Bertz CT molecular complexity index is 470. The first-order valence-corrected chi connectivity index (χ1v) is 8.54. The maximum atomic E-state index is 10.6. The molecule has 0 heterocycles. The number of nitrogens with zero attached hydrogens (tertiary/aromatic N) is 1. The number of carboxylic acids is 1. The Morgan fingerprint density at radius 3 is 1.83 bits per heavy atom. The second-order valence-corrected chi connectivity index (χ2v) is 6.00. The summed E-state index contributed by atoms with van der Waals surface area (Å²) in [6, 6.07) is 6.82. The summed E-state index contributed by atoms with van der Waals surface area (Å²) in [7, 11) is 0. The van der Waals surface area contributed by atoms with Crippen LogP contribution in [0.4, 0.5) is 5.69 Å². The number of hydrogen-bond acceptors (Lipinski definition) is 3. The van der Waals surface area contributed by atoms with Crippen molar-refractivity contribution in [1.82, 2.24) is 0 Å². The van der Waals surface area contributed by atoms with Crippen molar-refractivity contribution in [3.8, 4) is 0 Å². The van der Waals surface area contributed by atoms with Gasteiger partial charge in [-0.05, 0) is 24.8 Å². The van der Waals surface area contributed by atoms with Gasteiger partial charge in [-0.3, -0.25) is 14.9 Å². The Morgan fingerprint density at radius 1 is 0.870 bits per heavy atom. The Labute approximate surface area is 137 Å². The van der Waals surface area contributed by atoms with Crippen LogP contribution in [0.3, 0.4) is 0 Å². The van der Waals surface area contributed by atoms with Gasteiger partial charge in [0.25, 0.3) is 5.69 Å². The molecule has 0 saturated carbocycles. The summed E-state index contributed by atoms with van der Waals surface area (Å²) < 4.78 is 0. The number of hydrogen-bond donors (Lipinski definition) is 1. The normalized spacial score (nSPS) is 10.6. The molecule has 0 aliphatic carbocycles. The zero-order chi connectivity index (χ0) is 16.9. The van der Waals surface area contributed by atoms with Crippen molar-refractivity contribution in [2.24, 2.45) is 0 Å². The molecular formula is C18H27NO4. The van der Waals surface area contributed by atoms with Crippen LogP contribution in [0.1, 0.15) is 69.8 Å². The van der Waals surface area contributed by atoms with Crippen LogP contribution in [0.2, 0.25) is 0 Å². The molecule has 0 saturated heterocycles. The number of nitro groups is 1. The van der Waals surface area contributed by atoms with Crippen molar-refractivity contribution in [2.75, 3.05) is 0 Å². The second kappa shape index (κ2) is 11.6. The van der Waals surface area contributed by atoms with E-state index in [1.807, 2.05) is 12.1 Å². The molecule has 128 valence electrons. The van der Waals surface area contributed by atoms with Crippen LogP contribution < -0.4 is 0 Å². The lowest BCUT2D eigenvalue weighted by atomic mass is 10.0. The quantitative estimate of drug-likeness (QED) is 0.310. The van der Waals surface area contributed by atoms with E-state index in [0.717, 1.165) is 37.7 Å². The molecule has 5 heteroatoms. The number of rotatable bonds is 13. The molecule has 1 aromatic carbocycles. The fourth-order valence-electron chi connectivity index (χ4n) is 2.63. The molecule has 0 spiro atoms. The number of unbranched alkanes of at least 4 members (excludes halogenated alkanes) is 8. The smallest absolute Gasteiger partial charge is 0.303 e. The number of carbonyl (C=O) groups is 1. The number of aryl methyl sites for hydroxylation is 1. The summed E-state index contributed by atoms with van der Waals surface area (Å²) in [5.74, 6) is -0.696. The molecule has 0 atom stereocenters. The molecule has 1 aromatic rings. The van der Waals surface area contributed by atoms with Gasteiger partial charge in [0.1, 0.15) is 0 Å². The third-order valence-electron chi connectivity index (χ3n) is 4.00. The maximum absolute atomic E-state index is 10.6. The van der Waals surface area contributed by atoms with E-state index in [2.05, 4.69) is 0 Å². The number of aliphatic carboxylic acids is 1. The molecule has 1 N–H and O–H groups in total. The Hall–Kier alpha value is -1.91. The lowest BCUT2D eigenvalue weighted by Gasteiger charge is -2.03. The Kier molecular flexibility index (Phi) is 9.68. The number of benzene rings is 1. The van der Waals surface area contributed by atoms with Gasteiger partial charge >= 0.3 is 5.97 Å². The summed E-state index contributed by atoms with van der Waals surface area (Å²) in [5.41, 5.74) is 1.31. The van der Waals surface area contributed by atoms with Gasteiger partial charge in [0.2, 0.25) is 0 Å². The lowest BCUT2D eigenvalue weighted by Crippen LogP contribution is -1.93. The fraction of sp³-hybridized carbons (Fsp3) is 0.611. The monoisotopic (exact) mass is 321 g/mol. The van der Waals surface area contributed by atoms with Crippen molar-refractivity contribution in [1.29, 1.82) is 0 Å². The molecule has 0 aliphatic heterocycles. The third kappa shape index (κ3) is 9.66. The van der Waals surface area contributed by atoms with Gasteiger partial charge in [-0.25, -0.2) is 0 Å². The summed E-state index contributed by atoms with van der Waals surface area (Å²) in [5, 5.41) is 19.1. The molecule has 0 unspecified atom stereocenters. The van der Waals surface area contributed by atoms with Gasteiger partial charge in [0, 0.05) is 18.6 Å². The van der Waals surface area contributed by atoms with E-state index in [-0.39, 0.29) is 10.6 Å². The second-order valence-electron chi connectivity index (χ2n) is 6.00. The predicted molar refractivity (Wildman–Crippen MR) is 90.6 cm³/mol. The predicted octanol–water partition coefficient (Wildman–Crippen LogP) is 5.12. The van der Waals surface area contributed by atoms with E-state index in [1.54, 1.807) is 12.1 Å². The Balaban J connectivity index is 1.93. The zero-order valence-electron chi connectivity index (χ0n) is 13.7. The molecule has 0 radical (unpaired) electrons. The first-order valence-electron chi connectivity index (χ1n) is 8.54. The van der Waals surface area contributed by atoms with Crippen LogP contribution in [-0.2, 0) is 11.2 Å². The van der Waals surface area contributed by atoms with E-state index in [9.17, 15) is 14.9 Å². The average Bonchev–Trinajstić information content (AvgIpc) is 2.52. The molecule has 1 rings (SSSR count). The maximum Gasteiger partial charge on any atom is 0.303 e. The summed E-state index contributed by atoms with van der Waals surface area (Å²) in [6.45, 7) is 0. The lowest BCUT2D eigenvalue weighted by molar-refractivity contribution is -0.384. The summed E-state index contributed by atoms with van der Waals surface area (Å²) >= 11 is 0. The minimum Gasteiger partial charge on any atom is -0.481 e. The van der Waals surface area contributed by atoms with Gasteiger partial charge in [-0.2, -0.15) is 0 Å². The van der Waals surface area contributed by atoms with Crippen LogP contribution in [0.25, 0.3) is 0 Å². The first-order chi connectivity index (χ1) is 11.1. The van der Waals surface area contributed by atoms with E-state index in [0.29, 0.717) is 6.42 Å². The highest BCUT2D eigenvalue weighted by molar-refractivity contribution is 5.66. The Morgan fingerprint density at radius 2 is 1.35 bits per heavy atom. The highest BCUT2D eigenvalue weighted by atomic mass is 16.6. The van der Waals surface area contributed by atoms with Crippen molar-refractivity contribution < 1.29 is 14.8 Å². The van der Waals surface area contributed by atoms with Gasteiger partial charge in [-0.15, -0.1) is 0 Å². The van der Waals surface area contributed by atoms with Gasteiger partial charge < -0.3 is 5.11 Å². The molecule has 0 aliphatic rings. The third-order valence-corrected chi connectivity index (χ3v) is 4.00. The zero-order valence-corrected chi connectivity index (χ0v) is 13.7. The molecule has 0 bridgehead atoms. The molecule has 23 heavy (non-hydrogen) atoms. The van der Waals surface area contributed by atoms with Gasteiger partial charge in [0.05, 0.1) is 4.92 Å². The fourth-order valence-corrected chi connectivity index (χ4v) is 2.63. The first kappa shape index (κ1) is 19.1. The van der Waals surface area contributed by atoms with Crippen LogP contribution in [0, 0.1) is 10.1 Å². The highest BCUT2D eigenvalue weighted by Crippen LogP contribution is 2.15. The van der Waals surface area contributed by atoms with Crippen LogP contribution in [0.15, 0.2) is 24.3 Å². The van der Waals surface area contributed by atoms with Gasteiger partial charge in [-0.1, -0.05) is 57.1 Å². The van der Waals surface area contributed by atoms with E-state index < -0.39 is 5.97 Å². The summed E-state index contributed by atoms with van der Waals surface area (Å²) in [4.78, 5) is 20.5. The van der Waals surface area contributed by atoms with E-state index >= 15 is 0 Å². The largest absolute Gasteiger partial charge is 0.481 e. The molecule has 5 nitrogen and oxygen atoms in total.